The number of nitro groups is 1. The number of nitrogens with zero attached hydrogens (tertiary/aromatic N) is 1. The van der Waals surface area contributed by atoms with Crippen LogP contribution in [0.25, 0.3) is 0 Å². The summed E-state index contributed by atoms with van der Waals surface area (Å²) < 4.78 is 0. The Kier molecular flexibility index (Phi) is 2.78. The Balaban J connectivity index is 3.03. The molecule has 6 nitrogen and oxygen atoms in total. The average molecular weight is 184 g/mol. The molecular weight excluding hydrogens is 176 g/mol. The molecule has 13 heavy (non-hydrogen) atoms. The molecule has 0 spiro atoms. The molecule has 0 fully saturated rings. The van der Waals surface area contributed by atoms with Crippen LogP contribution < -0.4 is 5.90 Å². The van der Waals surface area contributed by atoms with Gasteiger partial charge in [0.25, 0.3) is 5.69 Å². The Labute approximate surface area is 73.7 Å². The minimum absolute atomic E-state index is 0.0620. The molecule has 6 heteroatoms. The molecule has 1 aromatic rings. The number of hydrogen-bond acceptors (Lipinski definition) is 5. The van der Waals surface area contributed by atoms with Gasteiger partial charge in [-0.3, -0.25) is 15.0 Å². The lowest BCUT2D eigenvalue weighted by atomic mass is 10.2. The molecule has 0 aliphatic rings. The number of aromatic hydroxyl groups is 1. The Morgan fingerprint density at radius 3 is 2.85 bits per heavy atom. The van der Waals surface area contributed by atoms with E-state index in [0.29, 0.717) is 0 Å². The lowest BCUT2D eigenvalue weighted by Crippen LogP contribution is -2.00. The Bertz CT molecular complexity index is 326. The van der Waals surface area contributed by atoms with Gasteiger partial charge in [-0.05, 0) is 6.07 Å². The number of nitro benzene ring substituents is 1. The summed E-state index contributed by atoms with van der Waals surface area (Å²) in [5, 5.41) is 19.5. The maximum Gasteiger partial charge on any atom is 0.270 e. The zero-order chi connectivity index (χ0) is 9.84. The maximum atomic E-state index is 10.3. The highest BCUT2D eigenvalue weighted by Gasteiger charge is 2.09. The third kappa shape index (κ3) is 2.14. The van der Waals surface area contributed by atoms with Crippen LogP contribution in [-0.4, -0.2) is 10.0 Å². The number of non-ortho nitro benzene ring substituents is 1. The van der Waals surface area contributed by atoms with Crippen LogP contribution in [0.4, 0.5) is 5.69 Å². The summed E-state index contributed by atoms with van der Waals surface area (Å²) in [7, 11) is 0. The Morgan fingerprint density at radius 2 is 2.31 bits per heavy atom. The SMILES string of the molecule is NOCc1cc([N+](=O)[O-])ccc1O. The molecule has 1 rings (SSSR count). The quantitative estimate of drug-likeness (QED) is 0.531. The first-order valence-corrected chi connectivity index (χ1v) is 3.43. The van der Waals surface area contributed by atoms with Crippen molar-refractivity contribution in [2.24, 2.45) is 5.90 Å². The van der Waals surface area contributed by atoms with Crippen LogP contribution in [0, 0.1) is 10.1 Å². The summed E-state index contributed by atoms with van der Waals surface area (Å²) in [4.78, 5) is 14.0. The van der Waals surface area contributed by atoms with E-state index in [1.807, 2.05) is 0 Å². The molecule has 0 amide bonds. The first-order valence-electron chi connectivity index (χ1n) is 3.43. The summed E-state index contributed by atoms with van der Waals surface area (Å²) in [6.45, 7) is -0.0620. The van der Waals surface area contributed by atoms with Crippen molar-refractivity contribution in [3.63, 3.8) is 0 Å². The normalized spacial score (nSPS) is 9.92. The Morgan fingerprint density at radius 1 is 1.62 bits per heavy atom. The van der Waals surface area contributed by atoms with Gasteiger partial charge in [-0.2, -0.15) is 0 Å². The van der Waals surface area contributed by atoms with Crippen LogP contribution in [0.5, 0.6) is 5.75 Å². The summed E-state index contributed by atoms with van der Waals surface area (Å²) in [5.74, 6) is 4.70. The van der Waals surface area contributed by atoms with Gasteiger partial charge in [0.2, 0.25) is 0 Å². The topological polar surface area (TPSA) is 98.6 Å². The zero-order valence-electron chi connectivity index (χ0n) is 6.64. The first-order chi connectivity index (χ1) is 6.15. The molecule has 0 bridgehead atoms. The second-order valence-corrected chi connectivity index (χ2v) is 2.38. The lowest BCUT2D eigenvalue weighted by Gasteiger charge is -2.01. The van der Waals surface area contributed by atoms with Crippen LogP contribution in [0.2, 0.25) is 0 Å². The van der Waals surface area contributed by atoms with E-state index in [0.717, 1.165) is 0 Å². The van der Waals surface area contributed by atoms with Gasteiger partial charge in [-0.15, -0.1) is 0 Å². The standard InChI is InChI=1S/C7H8N2O4/c8-13-4-5-3-6(9(11)12)1-2-7(5)10/h1-3,10H,4,8H2. The van der Waals surface area contributed by atoms with Gasteiger partial charge >= 0.3 is 0 Å². The molecule has 3 N–H and O–H groups in total. The van der Waals surface area contributed by atoms with Crippen molar-refractivity contribution in [3.8, 4) is 5.75 Å². The van der Waals surface area contributed by atoms with Gasteiger partial charge in [0.15, 0.2) is 0 Å². The molecule has 0 radical (unpaired) electrons. The molecule has 1 aromatic carbocycles. The number of nitrogens with two attached hydrogens (primary N) is 1. The van der Waals surface area contributed by atoms with E-state index in [1.165, 1.54) is 18.2 Å². The van der Waals surface area contributed by atoms with Crippen molar-refractivity contribution in [3.05, 3.63) is 33.9 Å². The van der Waals surface area contributed by atoms with Crippen molar-refractivity contribution < 1.29 is 14.9 Å². The third-order valence-corrected chi connectivity index (χ3v) is 1.51. The predicted molar refractivity (Wildman–Crippen MR) is 43.7 cm³/mol. The van der Waals surface area contributed by atoms with E-state index in [2.05, 4.69) is 4.84 Å². The van der Waals surface area contributed by atoms with Crippen LogP contribution in [0.15, 0.2) is 18.2 Å². The molecule has 0 saturated carbocycles. The van der Waals surface area contributed by atoms with Crippen LogP contribution in [0.3, 0.4) is 0 Å². The van der Waals surface area contributed by atoms with Gasteiger partial charge in [0, 0.05) is 17.7 Å². The Hall–Kier alpha value is -1.66. The van der Waals surface area contributed by atoms with E-state index < -0.39 is 4.92 Å². The zero-order valence-corrected chi connectivity index (χ0v) is 6.64. The monoisotopic (exact) mass is 184 g/mol. The van der Waals surface area contributed by atoms with E-state index in [-0.39, 0.29) is 23.6 Å². The summed E-state index contributed by atoms with van der Waals surface area (Å²) in [6.07, 6.45) is 0. The number of benzene rings is 1. The van der Waals surface area contributed by atoms with Gasteiger partial charge in [-0.1, -0.05) is 0 Å². The minimum Gasteiger partial charge on any atom is -0.508 e. The average Bonchev–Trinajstić information content (AvgIpc) is 2.08. The number of phenols is 1. The first kappa shape index (κ1) is 9.43. The minimum atomic E-state index is -0.556. The van der Waals surface area contributed by atoms with Crippen LogP contribution in [0.1, 0.15) is 5.56 Å². The van der Waals surface area contributed by atoms with E-state index >= 15 is 0 Å². The summed E-state index contributed by atoms with van der Waals surface area (Å²) in [6, 6.07) is 3.64. The maximum absolute atomic E-state index is 10.3. The fourth-order valence-corrected chi connectivity index (χ4v) is 0.891. The van der Waals surface area contributed by atoms with Gasteiger partial charge in [0.05, 0.1) is 11.5 Å². The van der Waals surface area contributed by atoms with Crippen LogP contribution in [-0.2, 0) is 11.4 Å². The van der Waals surface area contributed by atoms with E-state index in [9.17, 15) is 15.2 Å². The molecule has 0 unspecified atom stereocenters. The molecule has 0 heterocycles. The van der Waals surface area contributed by atoms with Crippen molar-refractivity contribution >= 4 is 5.69 Å². The highest BCUT2D eigenvalue weighted by molar-refractivity contribution is 5.42. The molecule has 0 aliphatic heterocycles. The lowest BCUT2D eigenvalue weighted by molar-refractivity contribution is -0.385. The number of hydrogen-bond donors (Lipinski definition) is 2. The molecule has 0 atom stereocenters. The molecular formula is C7H8N2O4. The third-order valence-electron chi connectivity index (χ3n) is 1.51. The van der Waals surface area contributed by atoms with Crippen molar-refractivity contribution in [2.75, 3.05) is 0 Å². The van der Waals surface area contributed by atoms with Gasteiger partial charge < -0.3 is 5.11 Å². The smallest absolute Gasteiger partial charge is 0.270 e. The van der Waals surface area contributed by atoms with Crippen molar-refractivity contribution in [1.82, 2.24) is 0 Å². The molecule has 0 aliphatic carbocycles. The van der Waals surface area contributed by atoms with Crippen molar-refractivity contribution in [2.45, 2.75) is 6.61 Å². The van der Waals surface area contributed by atoms with Gasteiger partial charge in [0.1, 0.15) is 5.75 Å². The highest BCUT2D eigenvalue weighted by atomic mass is 16.6. The van der Waals surface area contributed by atoms with Gasteiger partial charge in [-0.25, -0.2) is 5.90 Å². The molecule has 0 saturated heterocycles. The number of phenolic OH excluding ortho intramolecular Hbond substituents is 1. The summed E-state index contributed by atoms with van der Waals surface area (Å²) in [5.41, 5.74) is 0.182. The summed E-state index contributed by atoms with van der Waals surface area (Å²) >= 11 is 0. The molecule has 70 valence electrons. The second kappa shape index (κ2) is 3.83. The molecule has 0 aromatic heterocycles. The fourth-order valence-electron chi connectivity index (χ4n) is 0.891. The largest absolute Gasteiger partial charge is 0.508 e. The van der Waals surface area contributed by atoms with E-state index in [4.69, 9.17) is 5.90 Å². The van der Waals surface area contributed by atoms with Crippen LogP contribution >= 0.6 is 0 Å². The van der Waals surface area contributed by atoms with Crippen molar-refractivity contribution in [1.29, 1.82) is 0 Å². The fraction of sp³-hybridized carbons (Fsp3) is 0.143. The highest BCUT2D eigenvalue weighted by Crippen LogP contribution is 2.22. The number of rotatable bonds is 3. The van der Waals surface area contributed by atoms with E-state index in [1.54, 1.807) is 0 Å². The predicted octanol–water partition coefficient (Wildman–Crippen LogP) is 0.691. The second-order valence-electron chi connectivity index (χ2n) is 2.38.